The van der Waals surface area contributed by atoms with E-state index in [9.17, 15) is 35.1 Å². The standard InChI is InChI=1S/C30H24F8O4/c1-2-3-4-5-17-15-39-29(40-16-17)19-8-6-18(7-9-19)20-10-11-22(23(31)12-20)30(37,38)42-21-13-24(32)26(25(33)14-21)41-28(36)27(34)35/h2-3,6-14,17,29H,4-5,15-16H2,1H3. The number of allylic oxidation sites excluding steroid dienone is 2. The van der Waals surface area contributed by atoms with Crippen LogP contribution in [0.4, 0.5) is 35.1 Å². The molecule has 0 bridgehead atoms. The van der Waals surface area contributed by atoms with Crippen LogP contribution >= 0.6 is 0 Å². The fourth-order valence-corrected chi connectivity index (χ4v) is 4.19. The summed E-state index contributed by atoms with van der Waals surface area (Å²) in [6.45, 7) is 3.04. The van der Waals surface area contributed by atoms with E-state index >= 15 is 0 Å². The summed E-state index contributed by atoms with van der Waals surface area (Å²) in [7, 11) is 0. The number of rotatable bonds is 10. The van der Waals surface area contributed by atoms with E-state index in [0.717, 1.165) is 30.5 Å². The summed E-state index contributed by atoms with van der Waals surface area (Å²) in [5.41, 5.74) is 0.235. The second-order valence-electron chi connectivity index (χ2n) is 9.30. The zero-order chi connectivity index (χ0) is 30.4. The molecule has 0 saturated carbocycles. The van der Waals surface area contributed by atoms with Crippen molar-refractivity contribution in [3.63, 3.8) is 0 Å². The average Bonchev–Trinajstić information content (AvgIpc) is 2.95. The zero-order valence-corrected chi connectivity index (χ0v) is 22.0. The first kappa shape index (κ1) is 31.0. The number of ether oxygens (including phenoxy) is 4. The zero-order valence-electron chi connectivity index (χ0n) is 22.0. The van der Waals surface area contributed by atoms with Crippen LogP contribution < -0.4 is 9.47 Å². The number of benzene rings is 3. The predicted molar refractivity (Wildman–Crippen MR) is 136 cm³/mol. The van der Waals surface area contributed by atoms with Gasteiger partial charge in [0.25, 0.3) is 0 Å². The summed E-state index contributed by atoms with van der Waals surface area (Å²) in [6.07, 6.45) is -2.02. The highest BCUT2D eigenvalue weighted by Gasteiger charge is 2.38. The Morgan fingerprint density at radius 2 is 1.50 bits per heavy atom. The van der Waals surface area contributed by atoms with Gasteiger partial charge in [0, 0.05) is 23.6 Å². The molecule has 1 fully saturated rings. The molecule has 0 unspecified atom stereocenters. The topological polar surface area (TPSA) is 36.9 Å². The molecular formula is C30H24F8O4. The lowest BCUT2D eigenvalue weighted by Gasteiger charge is -2.29. The van der Waals surface area contributed by atoms with Crippen LogP contribution in [0.1, 0.15) is 37.2 Å². The van der Waals surface area contributed by atoms with Gasteiger partial charge in [0.15, 0.2) is 17.9 Å². The quantitative estimate of drug-likeness (QED) is 0.132. The largest absolute Gasteiger partial charge is 0.429 e. The third-order valence-electron chi connectivity index (χ3n) is 6.30. The molecule has 0 aliphatic carbocycles. The Morgan fingerprint density at radius 3 is 2.07 bits per heavy atom. The monoisotopic (exact) mass is 600 g/mol. The number of hydrogen-bond acceptors (Lipinski definition) is 4. The third-order valence-corrected chi connectivity index (χ3v) is 6.30. The Bertz CT molecular complexity index is 1420. The van der Waals surface area contributed by atoms with Gasteiger partial charge in [0.05, 0.1) is 18.8 Å². The van der Waals surface area contributed by atoms with Gasteiger partial charge in [0.2, 0.25) is 5.75 Å². The van der Waals surface area contributed by atoms with Gasteiger partial charge < -0.3 is 18.9 Å². The average molecular weight is 601 g/mol. The maximum absolute atomic E-state index is 14.8. The summed E-state index contributed by atoms with van der Waals surface area (Å²) < 4.78 is 129. The molecule has 0 N–H and O–H groups in total. The van der Waals surface area contributed by atoms with Gasteiger partial charge in [-0.1, -0.05) is 42.5 Å². The highest BCUT2D eigenvalue weighted by atomic mass is 19.3. The van der Waals surface area contributed by atoms with Gasteiger partial charge in [-0.15, -0.1) is 0 Å². The summed E-state index contributed by atoms with van der Waals surface area (Å²) in [4.78, 5) is 0. The molecule has 0 radical (unpaired) electrons. The summed E-state index contributed by atoms with van der Waals surface area (Å²) >= 11 is 0. The first-order valence-electron chi connectivity index (χ1n) is 12.7. The van der Waals surface area contributed by atoms with Crippen LogP contribution in [0.25, 0.3) is 11.1 Å². The van der Waals surface area contributed by atoms with Crippen LogP contribution in [-0.2, 0) is 15.6 Å². The van der Waals surface area contributed by atoms with Crippen molar-refractivity contribution in [3.05, 3.63) is 107 Å². The van der Waals surface area contributed by atoms with E-state index in [2.05, 4.69) is 15.5 Å². The van der Waals surface area contributed by atoms with E-state index in [-0.39, 0.29) is 23.6 Å². The molecule has 3 aromatic carbocycles. The van der Waals surface area contributed by atoms with Crippen molar-refractivity contribution in [1.29, 1.82) is 0 Å². The van der Waals surface area contributed by atoms with Crippen molar-refractivity contribution in [2.24, 2.45) is 5.92 Å². The van der Waals surface area contributed by atoms with Crippen molar-refractivity contribution in [1.82, 2.24) is 0 Å². The van der Waals surface area contributed by atoms with E-state index in [1.54, 1.807) is 24.3 Å². The molecule has 0 aromatic heterocycles. The highest BCUT2D eigenvalue weighted by Crippen LogP contribution is 2.38. The molecule has 4 rings (SSSR count). The second kappa shape index (κ2) is 13.4. The number of halogens is 8. The predicted octanol–water partition coefficient (Wildman–Crippen LogP) is 9.33. The van der Waals surface area contributed by atoms with Gasteiger partial charge in [0.1, 0.15) is 11.6 Å². The van der Waals surface area contributed by atoms with Gasteiger partial charge >= 0.3 is 18.2 Å². The van der Waals surface area contributed by atoms with Crippen molar-refractivity contribution >= 4 is 0 Å². The van der Waals surface area contributed by atoms with Crippen LogP contribution in [0.3, 0.4) is 0 Å². The first-order chi connectivity index (χ1) is 20.0. The molecule has 1 aliphatic rings. The highest BCUT2D eigenvalue weighted by molar-refractivity contribution is 5.64. The fraction of sp³-hybridized carbons (Fsp3) is 0.267. The normalized spacial score (nSPS) is 17.4. The number of hydrogen-bond donors (Lipinski definition) is 0. The molecule has 12 heteroatoms. The minimum Gasteiger partial charge on any atom is -0.429 e. The SMILES string of the molecule is CC=CCCC1COC(c2ccc(-c3ccc(C(F)(F)Oc4cc(F)c(OC(F)=C(F)F)c(F)c4)c(F)c3)cc2)OC1. The van der Waals surface area contributed by atoms with Crippen LogP contribution in [-0.4, -0.2) is 13.2 Å². The molecule has 224 valence electrons. The Hall–Kier alpha value is -3.90. The minimum absolute atomic E-state index is 0.146. The molecule has 1 heterocycles. The van der Waals surface area contributed by atoms with E-state index in [0.29, 0.717) is 18.8 Å². The molecule has 1 aliphatic heterocycles. The summed E-state index contributed by atoms with van der Waals surface area (Å²) in [5.74, 6) is -7.47. The second-order valence-corrected chi connectivity index (χ2v) is 9.30. The van der Waals surface area contributed by atoms with Crippen LogP contribution in [0.2, 0.25) is 0 Å². The first-order valence-corrected chi connectivity index (χ1v) is 12.7. The molecule has 3 aromatic rings. The van der Waals surface area contributed by atoms with Gasteiger partial charge in [-0.05, 0) is 43.0 Å². The molecule has 1 saturated heterocycles. The summed E-state index contributed by atoms with van der Waals surface area (Å²) in [5, 5.41) is 0. The van der Waals surface area contributed by atoms with E-state index in [1.165, 1.54) is 6.07 Å². The van der Waals surface area contributed by atoms with Gasteiger partial charge in [-0.25, -0.2) is 13.2 Å². The lowest BCUT2D eigenvalue weighted by molar-refractivity contribution is -0.205. The van der Waals surface area contributed by atoms with Crippen molar-refractivity contribution < 1.29 is 54.1 Å². The maximum Gasteiger partial charge on any atom is 0.429 e. The Kier molecular flexibility index (Phi) is 9.89. The number of alkyl halides is 2. The van der Waals surface area contributed by atoms with E-state index < -0.39 is 59.0 Å². The lowest BCUT2D eigenvalue weighted by Crippen LogP contribution is -2.27. The van der Waals surface area contributed by atoms with Crippen molar-refractivity contribution in [2.45, 2.75) is 32.2 Å². The van der Waals surface area contributed by atoms with Crippen molar-refractivity contribution in [2.75, 3.05) is 13.2 Å². The van der Waals surface area contributed by atoms with E-state index in [1.807, 2.05) is 13.0 Å². The molecule has 0 amide bonds. The van der Waals surface area contributed by atoms with Crippen LogP contribution in [0.15, 0.2) is 78.8 Å². The Balaban J connectivity index is 1.43. The van der Waals surface area contributed by atoms with Gasteiger partial charge in [-0.2, -0.15) is 22.0 Å². The molecule has 0 atom stereocenters. The Morgan fingerprint density at radius 1 is 0.881 bits per heavy atom. The molecular weight excluding hydrogens is 576 g/mol. The van der Waals surface area contributed by atoms with Crippen LogP contribution in [0, 0.1) is 23.4 Å². The Labute approximate surface area is 235 Å². The van der Waals surface area contributed by atoms with Gasteiger partial charge in [-0.3, -0.25) is 0 Å². The van der Waals surface area contributed by atoms with Crippen LogP contribution in [0.5, 0.6) is 11.5 Å². The molecule has 0 spiro atoms. The van der Waals surface area contributed by atoms with E-state index in [4.69, 9.17) is 9.47 Å². The summed E-state index contributed by atoms with van der Waals surface area (Å²) in [6, 6.07) is 7.21. The molecule has 42 heavy (non-hydrogen) atoms. The van der Waals surface area contributed by atoms with Crippen molar-refractivity contribution in [3.8, 4) is 22.6 Å². The third kappa shape index (κ3) is 7.48. The maximum atomic E-state index is 14.8. The lowest BCUT2D eigenvalue weighted by atomic mass is 10.0. The molecule has 4 nitrogen and oxygen atoms in total. The minimum atomic E-state index is -4.41. The fourth-order valence-electron chi connectivity index (χ4n) is 4.19. The smallest absolute Gasteiger partial charge is 0.429 e.